The van der Waals surface area contributed by atoms with Crippen LogP contribution in [0.3, 0.4) is 0 Å². The number of rotatable bonds is 4. The number of hydrogen-bond acceptors (Lipinski definition) is 3. The van der Waals surface area contributed by atoms with Gasteiger partial charge >= 0.3 is 0 Å². The molecule has 2 unspecified atom stereocenters. The van der Waals surface area contributed by atoms with Crippen LogP contribution in [0.25, 0.3) is 0 Å². The summed E-state index contributed by atoms with van der Waals surface area (Å²) in [6.45, 7) is 6.03. The minimum Gasteiger partial charge on any atom is -0.490 e. The van der Waals surface area contributed by atoms with E-state index in [0.717, 1.165) is 36.1 Å². The summed E-state index contributed by atoms with van der Waals surface area (Å²) < 4.78 is 5.82. The summed E-state index contributed by atoms with van der Waals surface area (Å²) in [5.41, 5.74) is 1.24. The zero-order valence-electron chi connectivity index (χ0n) is 12.0. The number of aliphatic hydroxyl groups is 2. The molecule has 1 aliphatic carbocycles. The molecule has 2 atom stereocenters. The highest BCUT2D eigenvalue weighted by Gasteiger charge is 2.27. The Morgan fingerprint density at radius 1 is 1.42 bits per heavy atom. The molecular weight excluding hydrogens is 240 g/mol. The fourth-order valence-corrected chi connectivity index (χ4v) is 2.32. The number of aliphatic hydroxyl groups excluding tert-OH is 1. The molecule has 0 radical (unpaired) electrons. The molecule has 1 aromatic rings. The molecule has 0 saturated heterocycles. The molecule has 0 fully saturated rings. The lowest BCUT2D eigenvalue weighted by molar-refractivity contribution is -0.0270. The third kappa shape index (κ3) is 3.10. The van der Waals surface area contributed by atoms with Crippen LogP contribution in [0.15, 0.2) is 18.2 Å². The second kappa shape index (κ2) is 5.51. The lowest BCUT2D eigenvalue weighted by Crippen LogP contribution is -2.38. The first kappa shape index (κ1) is 14.4. The van der Waals surface area contributed by atoms with Gasteiger partial charge in [-0.25, -0.2) is 0 Å². The highest BCUT2D eigenvalue weighted by molar-refractivity contribution is 5.42. The summed E-state index contributed by atoms with van der Waals surface area (Å²) in [7, 11) is 0. The Bertz CT molecular complexity index is 438. The SMILES string of the molecule is CC(C)C(C)(O)COc1cccc2c1CCCC2O. The molecule has 0 heterocycles. The van der Waals surface area contributed by atoms with Crippen LogP contribution in [0, 0.1) is 5.92 Å². The van der Waals surface area contributed by atoms with E-state index in [9.17, 15) is 10.2 Å². The van der Waals surface area contributed by atoms with Crippen LogP contribution in [0.4, 0.5) is 0 Å². The van der Waals surface area contributed by atoms with Crippen molar-refractivity contribution in [2.45, 2.75) is 51.7 Å². The van der Waals surface area contributed by atoms with E-state index in [1.54, 1.807) is 6.92 Å². The van der Waals surface area contributed by atoms with Gasteiger partial charge in [-0.3, -0.25) is 0 Å². The van der Waals surface area contributed by atoms with Crippen molar-refractivity contribution in [2.24, 2.45) is 5.92 Å². The maximum Gasteiger partial charge on any atom is 0.123 e. The van der Waals surface area contributed by atoms with E-state index in [4.69, 9.17) is 4.74 Å². The molecular formula is C16H24O3. The van der Waals surface area contributed by atoms with Gasteiger partial charge in [-0.2, -0.15) is 0 Å². The highest BCUT2D eigenvalue weighted by atomic mass is 16.5. The van der Waals surface area contributed by atoms with E-state index in [1.807, 2.05) is 32.0 Å². The standard InChI is InChI=1S/C16H24O3/c1-11(2)16(3,18)10-19-15-9-5-6-12-13(15)7-4-8-14(12)17/h5-6,9,11,14,17-18H,4,7-8,10H2,1-3H3. The molecule has 0 aromatic heterocycles. The predicted molar refractivity (Wildman–Crippen MR) is 75.3 cm³/mol. The van der Waals surface area contributed by atoms with Gasteiger partial charge in [0, 0.05) is 0 Å². The Morgan fingerprint density at radius 2 is 2.16 bits per heavy atom. The zero-order valence-corrected chi connectivity index (χ0v) is 12.0. The van der Waals surface area contributed by atoms with Gasteiger partial charge in [0.15, 0.2) is 0 Å². The molecule has 3 heteroatoms. The Hall–Kier alpha value is -1.06. The number of hydrogen-bond donors (Lipinski definition) is 2. The fourth-order valence-electron chi connectivity index (χ4n) is 2.32. The van der Waals surface area contributed by atoms with Crippen LogP contribution in [-0.4, -0.2) is 22.4 Å². The van der Waals surface area contributed by atoms with E-state index in [-0.39, 0.29) is 18.6 Å². The summed E-state index contributed by atoms with van der Waals surface area (Å²) >= 11 is 0. The van der Waals surface area contributed by atoms with Gasteiger partial charge in [0.1, 0.15) is 12.4 Å². The molecule has 2 N–H and O–H groups in total. The van der Waals surface area contributed by atoms with E-state index in [2.05, 4.69) is 0 Å². The van der Waals surface area contributed by atoms with Crippen molar-refractivity contribution < 1.29 is 14.9 Å². The highest BCUT2D eigenvalue weighted by Crippen LogP contribution is 2.35. The van der Waals surface area contributed by atoms with Crippen LogP contribution < -0.4 is 4.74 Å². The third-order valence-corrected chi connectivity index (χ3v) is 4.20. The number of benzene rings is 1. The quantitative estimate of drug-likeness (QED) is 0.879. The van der Waals surface area contributed by atoms with Crippen molar-refractivity contribution in [3.05, 3.63) is 29.3 Å². The van der Waals surface area contributed by atoms with Gasteiger partial charge in [-0.15, -0.1) is 0 Å². The average Bonchev–Trinajstić information content (AvgIpc) is 2.37. The van der Waals surface area contributed by atoms with Crippen LogP contribution in [0.2, 0.25) is 0 Å². The molecule has 0 saturated carbocycles. The van der Waals surface area contributed by atoms with Gasteiger partial charge in [0.05, 0.1) is 11.7 Å². The summed E-state index contributed by atoms with van der Waals surface area (Å²) in [6, 6.07) is 5.80. The molecule has 1 aromatic carbocycles. The predicted octanol–water partition coefficient (Wildman–Crippen LogP) is 2.84. The topological polar surface area (TPSA) is 49.7 Å². The van der Waals surface area contributed by atoms with Gasteiger partial charge in [-0.05, 0) is 49.3 Å². The summed E-state index contributed by atoms with van der Waals surface area (Å²) in [5.74, 6) is 0.940. The van der Waals surface area contributed by atoms with E-state index in [1.165, 1.54) is 0 Å². The normalized spacial score (nSPS) is 21.9. The number of fused-ring (bicyclic) bond motifs is 1. The van der Waals surface area contributed by atoms with E-state index < -0.39 is 5.60 Å². The second-order valence-electron chi connectivity index (χ2n) is 6.03. The Labute approximate surface area is 115 Å². The molecule has 0 spiro atoms. The smallest absolute Gasteiger partial charge is 0.123 e. The van der Waals surface area contributed by atoms with Crippen LogP contribution in [-0.2, 0) is 6.42 Å². The van der Waals surface area contributed by atoms with Crippen molar-refractivity contribution in [2.75, 3.05) is 6.61 Å². The van der Waals surface area contributed by atoms with E-state index in [0.29, 0.717) is 0 Å². The van der Waals surface area contributed by atoms with Gasteiger partial charge in [0.2, 0.25) is 0 Å². The summed E-state index contributed by atoms with van der Waals surface area (Å²) in [4.78, 5) is 0. The number of ether oxygens (including phenoxy) is 1. The van der Waals surface area contributed by atoms with Gasteiger partial charge in [-0.1, -0.05) is 26.0 Å². The van der Waals surface area contributed by atoms with Crippen LogP contribution in [0.1, 0.15) is 50.8 Å². The summed E-state index contributed by atoms with van der Waals surface area (Å²) in [5, 5.41) is 20.2. The second-order valence-corrected chi connectivity index (χ2v) is 6.03. The van der Waals surface area contributed by atoms with Crippen molar-refractivity contribution in [3.63, 3.8) is 0 Å². The van der Waals surface area contributed by atoms with Gasteiger partial charge < -0.3 is 14.9 Å². The average molecular weight is 264 g/mol. The van der Waals surface area contributed by atoms with Crippen LogP contribution in [0.5, 0.6) is 5.75 Å². The lowest BCUT2D eigenvalue weighted by Gasteiger charge is -2.29. The molecule has 106 valence electrons. The molecule has 19 heavy (non-hydrogen) atoms. The fraction of sp³-hybridized carbons (Fsp3) is 0.625. The molecule has 2 rings (SSSR count). The first-order chi connectivity index (χ1) is 8.92. The molecule has 3 nitrogen and oxygen atoms in total. The van der Waals surface area contributed by atoms with E-state index >= 15 is 0 Å². The third-order valence-electron chi connectivity index (χ3n) is 4.20. The zero-order chi connectivity index (χ0) is 14.0. The maximum atomic E-state index is 10.2. The van der Waals surface area contributed by atoms with Crippen LogP contribution >= 0.6 is 0 Å². The Kier molecular flexibility index (Phi) is 4.16. The monoisotopic (exact) mass is 264 g/mol. The first-order valence-corrected chi connectivity index (χ1v) is 7.07. The summed E-state index contributed by atoms with van der Waals surface area (Å²) in [6.07, 6.45) is 2.36. The lowest BCUT2D eigenvalue weighted by atomic mass is 9.88. The van der Waals surface area contributed by atoms with Gasteiger partial charge in [0.25, 0.3) is 0 Å². The van der Waals surface area contributed by atoms with Crippen molar-refractivity contribution in [1.29, 1.82) is 0 Å². The Balaban J connectivity index is 2.16. The molecule has 0 aliphatic heterocycles. The first-order valence-electron chi connectivity index (χ1n) is 7.07. The minimum absolute atomic E-state index is 0.137. The Morgan fingerprint density at radius 3 is 2.84 bits per heavy atom. The minimum atomic E-state index is -0.837. The maximum absolute atomic E-state index is 10.2. The van der Waals surface area contributed by atoms with Crippen molar-refractivity contribution in [3.8, 4) is 5.75 Å². The molecule has 0 bridgehead atoms. The molecule has 0 amide bonds. The molecule has 1 aliphatic rings. The van der Waals surface area contributed by atoms with Crippen molar-refractivity contribution in [1.82, 2.24) is 0 Å². The van der Waals surface area contributed by atoms with Crippen molar-refractivity contribution >= 4 is 0 Å². The largest absolute Gasteiger partial charge is 0.490 e.